The molecule has 0 radical (unpaired) electrons. The van der Waals surface area contributed by atoms with Crippen LogP contribution in [-0.2, 0) is 23.6 Å². The summed E-state index contributed by atoms with van der Waals surface area (Å²) in [6.07, 6.45) is 6.30. The molecule has 1 aliphatic rings. The molecule has 25 heavy (non-hydrogen) atoms. The molecule has 3 rings (SSSR count). The van der Waals surface area contributed by atoms with Crippen molar-refractivity contribution >= 4 is 15.9 Å². The first-order valence-corrected chi connectivity index (χ1v) is 9.86. The Hall–Kier alpha value is -2.13. The maximum atomic E-state index is 12.5. The number of aryl methyl sites for hydroxylation is 1. The molecule has 0 saturated carbocycles. The molecule has 1 aliphatic heterocycles. The van der Waals surface area contributed by atoms with Crippen LogP contribution in [-0.4, -0.2) is 47.8 Å². The molecular formula is C16H22N4O4S. The maximum Gasteiger partial charge on any atom is 0.257 e. The van der Waals surface area contributed by atoms with Gasteiger partial charge >= 0.3 is 0 Å². The molecule has 2 aromatic heterocycles. The fourth-order valence-corrected chi connectivity index (χ4v) is 4.44. The monoisotopic (exact) mass is 366 g/mol. The largest absolute Gasteiger partial charge is 0.468 e. The number of likely N-dealkylation sites (tertiary alicyclic amines) is 1. The fraction of sp³-hybridized carbons (Fsp3) is 0.500. The first-order chi connectivity index (χ1) is 11.9. The van der Waals surface area contributed by atoms with Crippen LogP contribution >= 0.6 is 0 Å². The van der Waals surface area contributed by atoms with Gasteiger partial charge in [0.1, 0.15) is 5.76 Å². The zero-order chi connectivity index (χ0) is 17.9. The van der Waals surface area contributed by atoms with Gasteiger partial charge in [-0.2, -0.15) is 5.10 Å². The number of hydrogen-bond acceptors (Lipinski definition) is 5. The molecule has 1 N–H and O–H groups in total. The lowest BCUT2D eigenvalue weighted by Gasteiger charge is -2.32. The van der Waals surface area contributed by atoms with Crippen LogP contribution in [0, 0.1) is 5.92 Å². The van der Waals surface area contributed by atoms with Gasteiger partial charge in [0.2, 0.25) is 10.0 Å². The summed E-state index contributed by atoms with van der Waals surface area (Å²) in [7, 11) is -1.67. The molecule has 0 bridgehead atoms. The van der Waals surface area contributed by atoms with Crippen molar-refractivity contribution in [3.8, 4) is 0 Å². The van der Waals surface area contributed by atoms with E-state index in [0.717, 1.165) is 12.8 Å². The van der Waals surface area contributed by atoms with E-state index in [-0.39, 0.29) is 24.1 Å². The smallest absolute Gasteiger partial charge is 0.257 e. The zero-order valence-electron chi connectivity index (χ0n) is 14.1. The van der Waals surface area contributed by atoms with Gasteiger partial charge in [0, 0.05) is 26.3 Å². The van der Waals surface area contributed by atoms with Crippen molar-refractivity contribution in [2.75, 3.05) is 18.8 Å². The number of nitrogens with zero attached hydrogens (tertiary/aromatic N) is 3. The number of rotatable bonds is 6. The van der Waals surface area contributed by atoms with E-state index in [9.17, 15) is 13.2 Å². The van der Waals surface area contributed by atoms with Crippen molar-refractivity contribution in [1.82, 2.24) is 19.4 Å². The van der Waals surface area contributed by atoms with Crippen LogP contribution in [0.5, 0.6) is 0 Å². The van der Waals surface area contributed by atoms with Crippen LogP contribution in [0.4, 0.5) is 0 Å². The predicted octanol–water partition coefficient (Wildman–Crippen LogP) is 0.985. The summed E-state index contributed by atoms with van der Waals surface area (Å²) in [5, 5.41) is 4.01. The number of sulfonamides is 1. The van der Waals surface area contributed by atoms with Gasteiger partial charge in [-0.1, -0.05) is 0 Å². The summed E-state index contributed by atoms with van der Waals surface area (Å²) in [6.45, 7) is 1.22. The standard InChI is InChI=1S/C16H22N4O4S/c1-19-11-14(8-17-19)16(21)20-6-2-4-13(10-20)12-25(22,23)18-9-15-5-3-7-24-15/h3,5,7-8,11,13,18H,2,4,6,9-10,12H2,1H3/t13-/m0/s1. The third kappa shape index (κ3) is 4.70. The molecular weight excluding hydrogens is 344 g/mol. The lowest BCUT2D eigenvalue weighted by atomic mass is 9.99. The van der Waals surface area contributed by atoms with E-state index in [1.165, 1.54) is 12.5 Å². The number of furan rings is 1. The van der Waals surface area contributed by atoms with Crippen LogP contribution in [0.2, 0.25) is 0 Å². The molecule has 136 valence electrons. The Kier molecular flexibility index (Phi) is 5.24. The van der Waals surface area contributed by atoms with Crippen LogP contribution in [0.1, 0.15) is 29.0 Å². The van der Waals surface area contributed by atoms with Crippen molar-refractivity contribution in [2.24, 2.45) is 13.0 Å². The van der Waals surface area contributed by atoms with Crippen molar-refractivity contribution < 1.29 is 17.6 Å². The second-order valence-electron chi connectivity index (χ2n) is 6.34. The second kappa shape index (κ2) is 7.40. The summed E-state index contributed by atoms with van der Waals surface area (Å²) in [5.41, 5.74) is 0.530. The molecule has 1 amide bonds. The van der Waals surface area contributed by atoms with Gasteiger partial charge in [-0.15, -0.1) is 0 Å². The lowest BCUT2D eigenvalue weighted by molar-refractivity contribution is 0.0684. The van der Waals surface area contributed by atoms with Gasteiger partial charge < -0.3 is 9.32 Å². The molecule has 1 atom stereocenters. The number of nitrogens with one attached hydrogen (secondary N) is 1. The van der Waals surface area contributed by atoms with E-state index in [1.54, 1.807) is 35.0 Å². The Morgan fingerprint density at radius 1 is 1.48 bits per heavy atom. The summed E-state index contributed by atoms with van der Waals surface area (Å²) < 4.78 is 33.8. The molecule has 1 saturated heterocycles. The Morgan fingerprint density at radius 3 is 3.00 bits per heavy atom. The van der Waals surface area contributed by atoms with Gasteiger partial charge in [-0.05, 0) is 30.9 Å². The fourth-order valence-electron chi connectivity index (χ4n) is 3.06. The first kappa shape index (κ1) is 17.7. The SMILES string of the molecule is Cn1cc(C(=O)N2CCC[C@H](CS(=O)(=O)NCc3ccco3)C2)cn1. The van der Waals surface area contributed by atoms with Crippen molar-refractivity contribution in [3.63, 3.8) is 0 Å². The van der Waals surface area contributed by atoms with Crippen molar-refractivity contribution in [3.05, 3.63) is 42.1 Å². The highest BCUT2D eigenvalue weighted by atomic mass is 32.2. The van der Waals surface area contributed by atoms with Crippen LogP contribution < -0.4 is 4.72 Å². The van der Waals surface area contributed by atoms with Crippen molar-refractivity contribution in [1.29, 1.82) is 0 Å². The molecule has 1 fully saturated rings. The molecule has 9 heteroatoms. The number of aromatic nitrogens is 2. The molecule has 3 heterocycles. The van der Waals surface area contributed by atoms with E-state index < -0.39 is 10.0 Å². The zero-order valence-corrected chi connectivity index (χ0v) is 14.9. The van der Waals surface area contributed by atoms with E-state index in [2.05, 4.69) is 9.82 Å². The van der Waals surface area contributed by atoms with Gasteiger partial charge in [-0.3, -0.25) is 9.48 Å². The molecule has 0 aromatic carbocycles. The number of piperidine rings is 1. The minimum atomic E-state index is -3.43. The Morgan fingerprint density at radius 2 is 2.32 bits per heavy atom. The average Bonchev–Trinajstić information content (AvgIpc) is 3.24. The summed E-state index contributed by atoms with van der Waals surface area (Å²) in [6, 6.07) is 3.43. The summed E-state index contributed by atoms with van der Waals surface area (Å²) >= 11 is 0. The van der Waals surface area contributed by atoms with Crippen LogP contribution in [0.3, 0.4) is 0 Å². The highest BCUT2D eigenvalue weighted by Crippen LogP contribution is 2.20. The van der Waals surface area contributed by atoms with Crippen LogP contribution in [0.15, 0.2) is 35.2 Å². The molecule has 0 aliphatic carbocycles. The molecule has 8 nitrogen and oxygen atoms in total. The predicted molar refractivity (Wildman–Crippen MR) is 91.2 cm³/mol. The van der Waals surface area contributed by atoms with Gasteiger partial charge in [0.25, 0.3) is 5.91 Å². The third-order valence-electron chi connectivity index (χ3n) is 4.26. The Balaban J connectivity index is 1.56. The number of carbonyl (C=O) groups excluding carboxylic acids is 1. The minimum absolute atomic E-state index is 0.00449. The Bertz CT molecular complexity index is 813. The molecule has 2 aromatic rings. The van der Waals surface area contributed by atoms with E-state index in [4.69, 9.17) is 4.42 Å². The topological polar surface area (TPSA) is 97.4 Å². The van der Waals surface area contributed by atoms with Gasteiger partial charge in [0.15, 0.2) is 0 Å². The highest BCUT2D eigenvalue weighted by Gasteiger charge is 2.28. The highest BCUT2D eigenvalue weighted by molar-refractivity contribution is 7.89. The minimum Gasteiger partial charge on any atom is -0.468 e. The Labute approximate surface area is 146 Å². The second-order valence-corrected chi connectivity index (χ2v) is 8.20. The average molecular weight is 366 g/mol. The van der Waals surface area contributed by atoms with Crippen molar-refractivity contribution in [2.45, 2.75) is 19.4 Å². The van der Waals surface area contributed by atoms with E-state index in [1.807, 2.05) is 0 Å². The number of amides is 1. The quantitative estimate of drug-likeness (QED) is 0.822. The van der Waals surface area contributed by atoms with Gasteiger partial charge in [0.05, 0.1) is 30.3 Å². The maximum absolute atomic E-state index is 12.5. The van der Waals surface area contributed by atoms with E-state index in [0.29, 0.717) is 24.4 Å². The lowest BCUT2D eigenvalue weighted by Crippen LogP contribution is -2.43. The van der Waals surface area contributed by atoms with Crippen LogP contribution in [0.25, 0.3) is 0 Å². The summed E-state index contributed by atoms with van der Waals surface area (Å²) in [4.78, 5) is 14.2. The normalized spacial score (nSPS) is 18.4. The molecule has 0 unspecified atom stereocenters. The summed E-state index contributed by atoms with van der Waals surface area (Å²) in [5.74, 6) is 0.396. The van der Waals surface area contributed by atoms with Gasteiger partial charge in [-0.25, -0.2) is 13.1 Å². The molecule has 0 spiro atoms. The first-order valence-electron chi connectivity index (χ1n) is 8.20. The number of hydrogen-bond donors (Lipinski definition) is 1. The van der Waals surface area contributed by atoms with E-state index >= 15 is 0 Å². The third-order valence-corrected chi connectivity index (χ3v) is 5.75. The number of carbonyl (C=O) groups is 1.